The number of sulfonamides is 1. The number of halogens is 1. The van der Waals surface area contributed by atoms with E-state index in [0.29, 0.717) is 12.8 Å². The third-order valence-electron chi connectivity index (χ3n) is 3.91. The van der Waals surface area contributed by atoms with E-state index in [2.05, 4.69) is 4.72 Å². The van der Waals surface area contributed by atoms with Crippen molar-refractivity contribution in [2.45, 2.75) is 49.0 Å². The first-order chi connectivity index (χ1) is 9.82. The molecule has 0 aliphatic heterocycles. The van der Waals surface area contributed by atoms with Gasteiger partial charge in [0.05, 0.1) is 16.2 Å². The first-order valence-electron chi connectivity index (χ1n) is 7.10. The Bertz CT molecular complexity index is 596. The number of hydrogen-bond acceptors (Lipinski definition) is 4. The lowest BCUT2D eigenvalue weighted by Crippen LogP contribution is -2.42. The van der Waals surface area contributed by atoms with Crippen LogP contribution in [-0.4, -0.2) is 25.7 Å². The van der Waals surface area contributed by atoms with Crippen LogP contribution in [0.3, 0.4) is 0 Å². The summed E-state index contributed by atoms with van der Waals surface area (Å²) in [7, 11) is -3.85. The van der Waals surface area contributed by atoms with E-state index < -0.39 is 21.4 Å². The average molecular weight is 316 g/mol. The average Bonchev–Trinajstić information content (AvgIpc) is 2.65. The fourth-order valence-electron chi connectivity index (χ4n) is 2.55. The van der Waals surface area contributed by atoms with Gasteiger partial charge in [0.25, 0.3) is 0 Å². The molecule has 0 bridgehead atoms. The minimum absolute atomic E-state index is 0.0542. The minimum atomic E-state index is -3.85. The molecule has 0 radical (unpaired) electrons. The highest BCUT2D eigenvalue weighted by atomic mass is 32.2. The molecular formula is C14H21FN2O3S. The maximum absolute atomic E-state index is 13.4. The molecule has 1 aliphatic carbocycles. The highest BCUT2D eigenvalue weighted by Crippen LogP contribution is 2.27. The number of nitrogens with two attached hydrogens (primary N) is 1. The number of hydrogen-bond donors (Lipinski definition) is 3. The normalized spacial score (nSPS) is 19.1. The maximum Gasteiger partial charge on any atom is 0.240 e. The van der Waals surface area contributed by atoms with Crippen LogP contribution in [0.4, 0.5) is 10.1 Å². The Morgan fingerprint density at radius 2 is 1.86 bits per heavy atom. The van der Waals surface area contributed by atoms with Crippen molar-refractivity contribution in [3.05, 3.63) is 24.0 Å². The first-order valence-corrected chi connectivity index (χ1v) is 8.58. The number of rotatable bonds is 4. The molecule has 0 atom stereocenters. The molecule has 1 aromatic rings. The lowest BCUT2D eigenvalue weighted by molar-refractivity contribution is 0.0303. The lowest BCUT2D eigenvalue weighted by atomic mass is 9.95. The van der Waals surface area contributed by atoms with Crippen LogP contribution in [0.1, 0.15) is 38.5 Å². The van der Waals surface area contributed by atoms with E-state index in [-0.39, 0.29) is 17.1 Å². The van der Waals surface area contributed by atoms with Crippen molar-refractivity contribution in [1.82, 2.24) is 4.72 Å². The summed E-state index contributed by atoms with van der Waals surface area (Å²) in [6.45, 7) is -0.0542. The number of nitrogens with one attached hydrogen (secondary N) is 1. The molecule has 0 heterocycles. The fraction of sp³-hybridized carbons (Fsp3) is 0.571. The molecule has 2 rings (SSSR count). The molecule has 118 valence electrons. The zero-order chi connectivity index (χ0) is 15.5. The van der Waals surface area contributed by atoms with E-state index in [9.17, 15) is 17.9 Å². The van der Waals surface area contributed by atoms with Crippen molar-refractivity contribution < 1.29 is 17.9 Å². The Labute approximate surface area is 124 Å². The van der Waals surface area contributed by atoms with Crippen molar-refractivity contribution in [3.8, 4) is 0 Å². The monoisotopic (exact) mass is 316 g/mol. The van der Waals surface area contributed by atoms with Crippen LogP contribution < -0.4 is 10.5 Å². The number of nitrogen functional groups attached to an aromatic ring is 1. The van der Waals surface area contributed by atoms with Gasteiger partial charge in [0, 0.05) is 6.54 Å². The second kappa shape index (κ2) is 6.29. The lowest BCUT2D eigenvalue weighted by Gasteiger charge is -2.26. The number of aliphatic hydroxyl groups is 1. The van der Waals surface area contributed by atoms with Gasteiger partial charge in [-0.25, -0.2) is 17.5 Å². The van der Waals surface area contributed by atoms with Crippen molar-refractivity contribution in [2.75, 3.05) is 12.3 Å². The van der Waals surface area contributed by atoms with Crippen LogP contribution in [0.15, 0.2) is 23.1 Å². The van der Waals surface area contributed by atoms with Gasteiger partial charge >= 0.3 is 0 Å². The van der Waals surface area contributed by atoms with Gasteiger partial charge in [-0.2, -0.15) is 0 Å². The Kier molecular flexibility index (Phi) is 4.85. The van der Waals surface area contributed by atoms with Gasteiger partial charge in [-0.3, -0.25) is 0 Å². The highest BCUT2D eigenvalue weighted by Gasteiger charge is 2.30. The van der Waals surface area contributed by atoms with Crippen molar-refractivity contribution >= 4 is 15.7 Å². The Morgan fingerprint density at radius 1 is 1.24 bits per heavy atom. The summed E-state index contributed by atoms with van der Waals surface area (Å²) >= 11 is 0. The van der Waals surface area contributed by atoms with Gasteiger partial charge in [0.1, 0.15) is 5.82 Å². The van der Waals surface area contributed by atoms with Crippen LogP contribution in [0.2, 0.25) is 0 Å². The van der Waals surface area contributed by atoms with Crippen LogP contribution in [-0.2, 0) is 10.0 Å². The minimum Gasteiger partial charge on any atom is -0.396 e. The molecule has 1 saturated carbocycles. The van der Waals surface area contributed by atoms with Gasteiger partial charge in [0.15, 0.2) is 0 Å². The number of anilines is 1. The largest absolute Gasteiger partial charge is 0.396 e. The predicted octanol–water partition coefficient (Wildman–Crippen LogP) is 1.77. The SMILES string of the molecule is Nc1ccc(S(=O)(=O)NCC2(O)CCCCCC2)cc1F. The van der Waals surface area contributed by atoms with Crippen molar-refractivity contribution in [3.63, 3.8) is 0 Å². The van der Waals surface area contributed by atoms with Crippen molar-refractivity contribution in [1.29, 1.82) is 0 Å². The summed E-state index contributed by atoms with van der Waals surface area (Å²) in [5, 5.41) is 10.4. The Morgan fingerprint density at radius 3 is 2.43 bits per heavy atom. The highest BCUT2D eigenvalue weighted by molar-refractivity contribution is 7.89. The topological polar surface area (TPSA) is 92.4 Å². The summed E-state index contributed by atoms with van der Waals surface area (Å²) < 4.78 is 40.0. The molecule has 4 N–H and O–H groups in total. The quantitative estimate of drug-likeness (QED) is 0.583. The fourth-order valence-corrected chi connectivity index (χ4v) is 3.68. The summed E-state index contributed by atoms with van der Waals surface area (Å²) in [5.74, 6) is -0.772. The van der Waals surface area contributed by atoms with Crippen molar-refractivity contribution in [2.24, 2.45) is 0 Å². The third kappa shape index (κ3) is 4.15. The van der Waals surface area contributed by atoms with E-state index in [1.807, 2.05) is 0 Å². The number of benzene rings is 1. The van der Waals surface area contributed by atoms with E-state index in [0.717, 1.165) is 31.7 Å². The van der Waals surface area contributed by atoms with E-state index in [1.54, 1.807) is 0 Å². The van der Waals surface area contributed by atoms with Crippen LogP contribution in [0, 0.1) is 5.82 Å². The van der Waals surface area contributed by atoms with Gasteiger partial charge in [-0.05, 0) is 31.0 Å². The van der Waals surface area contributed by atoms with Gasteiger partial charge in [0.2, 0.25) is 10.0 Å². The smallest absolute Gasteiger partial charge is 0.240 e. The Hall–Kier alpha value is -1.18. The molecule has 1 fully saturated rings. The van der Waals surface area contributed by atoms with E-state index >= 15 is 0 Å². The predicted molar refractivity (Wildman–Crippen MR) is 78.7 cm³/mol. The van der Waals surface area contributed by atoms with Crippen LogP contribution >= 0.6 is 0 Å². The molecule has 1 aliphatic rings. The summed E-state index contributed by atoms with van der Waals surface area (Å²) in [4.78, 5) is -0.188. The summed E-state index contributed by atoms with van der Waals surface area (Å²) in [6.07, 6.45) is 5.02. The molecule has 7 heteroatoms. The van der Waals surface area contributed by atoms with Crippen LogP contribution in [0.25, 0.3) is 0 Å². The zero-order valence-electron chi connectivity index (χ0n) is 11.8. The molecule has 5 nitrogen and oxygen atoms in total. The molecule has 0 spiro atoms. The van der Waals surface area contributed by atoms with Gasteiger partial charge in [-0.15, -0.1) is 0 Å². The van der Waals surface area contributed by atoms with E-state index in [4.69, 9.17) is 5.73 Å². The van der Waals surface area contributed by atoms with Gasteiger partial charge in [-0.1, -0.05) is 25.7 Å². The van der Waals surface area contributed by atoms with Crippen LogP contribution in [0.5, 0.6) is 0 Å². The maximum atomic E-state index is 13.4. The first kappa shape index (κ1) is 16.2. The zero-order valence-corrected chi connectivity index (χ0v) is 12.6. The molecule has 0 amide bonds. The standard InChI is InChI=1S/C14H21FN2O3S/c15-12-9-11(5-6-13(12)16)21(19,20)17-10-14(18)7-3-1-2-4-8-14/h5-6,9,17-18H,1-4,7-8,10,16H2. The summed E-state index contributed by atoms with van der Waals surface area (Å²) in [6, 6.07) is 3.34. The summed E-state index contributed by atoms with van der Waals surface area (Å²) in [5.41, 5.74) is 4.21. The molecule has 1 aromatic carbocycles. The molecule has 0 saturated heterocycles. The second-order valence-corrected chi connectivity index (χ2v) is 7.41. The third-order valence-corrected chi connectivity index (χ3v) is 5.31. The molecule has 21 heavy (non-hydrogen) atoms. The second-order valence-electron chi connectivity index (χ2n) is 5.65. The Balaban J connectivity index is 2.08. The molecule has 0 aromatic heterocycles. The van der Waals surface area contributed by atoms with Gasteiger partial charge < -0.3 is 10.8 Å². The molecular weight excluding hydrogens is 295 g/mol. The van der Waals surface area contributed by atoms with E-state index in [1.165, 1.54) is 12.1 Å². The molecule has 0 unspecified atom stereocenters.